The third-order valence-electron chi connectivity index (χ3n) is 5.50. The summed E-state index contributed by atoms with van der Waals surface area (Å²) in [5.74, 6) is 2.62. The average molecular weight is 222 g/mol. The highest BCUT2D eigenvalue weighted by atomic mass is 16.1. The Bertz CT molecular complexity index is 281. The fourth-order valence-electron chi connectivity index (χ4n) is 4.02. The van der Waals surface area contributed by atoms with Crippen LogP contribution in [0.1, 0.15) is 59.8 Å². The maximum absolute atomic E-state index is 11.2. The number of hydrogen-bond acceptors (Lipinski definition) is 1. The molecule has 0 bridgehead atoms. The number of carbonyl (C=O) groups excluding carboxylic acids is 1. The highest BCUT2D eigenvalue weighted by molar-refractivity contribution is 5.58. The fraction of sp³-hybridized carbons (Fsp3) is 0.933. The lowest BCUT2D eigenvalue weighted by Crippen LogP contribution is -2.48. The molecule has 0 saturated heterocycles. The molecule has 2 aliphatic carbocycles. The first-order valence-corrected chi connectivity index (χ1v) is 6.84. The molecule has 1 heteroatoms. The van der Waals surface area contributed by atoms with Crippen molar-refractivity contribution in [3.8, 4) is 0 Å². The van der Waals surface area contributed by atoms with Crippen LogP contribution in [-0.2, 0) is 4.79 Å². The average Bonchev–Trinajstić information content (AvgIpc) is 2.22. The Kier molecular flexibility index (Phi) is 2.92. The summed E-state index contributed by atoms with van der Waals surface area (Å²) in [4.78, 5) is 11.2. The summed E-state index contributed by atoms with van der Waals surface area (Å²) in [5, 5.41) is 0. The molecule has 4 atom stereocenters. The molecule has 92 valence electrons. The second-order valence-corrected chi connectivity index (χ2v) is 7.29. The van der Waals surface area contributed by atoms with E-state index in [2.05, 4.69) is 27.7 Å². The molecule has 0 heterocycles. The van der Waals surface area contributed by atoms with Gasteiger partial charge >= 0.3 is 0 Å². The second kappa shape index (κ2) is 3.85. The van der Waals surface area contributed by atoms with Crippen molar-refractivity contribution < 1.29 is 4.79 Å². The summed E-state index contributed by atoms with van der Waals surface area (Å²) in [6.45, 7) is 9.35. The molecule has 0 aromatic carbocycles. The van der Waals surface area contributed by atoms with Crippen LogP contribution in [0.4, 0.5) is 0 Å². The molecule has 0 aromatic rings. The zero-order valence-electron chi connectivity index (χ0n) is 11.3. The highest BCUT2D eigenvalue weighted by Crippen LogP contribution is 2.58. The van der Waals surface area contributed by atoms with E-state index in [4.69, 9.17) is 0 Å². The van der Waals surface area contributed by atoms with Crippen LogP contribution in [0.25, 0.3) is 0 Å². The van der Waals surface area contributed by atoms with E-state index in [9.17, 15) is 4.79 Å². The Balaban J connectivity index is 2.10. The van der Waals surface area contributed by atoms with Gasteiger partial charge in [0.2, 0.25) is 0 Å². The van der Waals surface area contributed by atoms with Crippen molar-refractivity contribution in [2.45, 2.75) is 59.8 Å². The van der Waals surface area contributed by atoms with E-state index < -0.39 is 0 Å². The fourth-order valence-corrected chi connectivity index (χ4v) is 4.02. The third kappa shape index (κ3) is 1.94. The van der Waals surface area contributed by atoms with Crippen LogP contribution >= 0.6 is 0 Å². The summed E-state index contributed by atoms with van der Waals surface area (Å²) in [7, 11) is 0. The summed E-state index contributed by atoms with van der Waals surface area (Å²) >= 11 is 0. The number of fused-ring (bicyclic) bond motifs is 1. The molecule has 2 rings (SSSR count). The summed E-state index contributed by atoms with van der Waals surface area (Å²) < 4.78 is 0. The summed E-state index contributed by atoms with van der Waals surface area (Å²) in [6, 6.07) is 0. The van der Waals surface area contributed by atoms with Gasteiger partial charge in [-0.15, -0.1) is 0 Å². The van der Waals surface area contributed by atoms with Gasteiger partial charge in [-0.05, 0) is 55.3 Å². The molecule has 0 aromatic heterocycles. The first kappa shape index (κ1) is 12.1. The molecule has 0 radical (unpaired) electrons. The number of aldehydes is 1. The Morgan fingerprint density at radius 1 is 1.12 bits per heavy atom. The van der Waals surface area contributed by atoms with Crippen molar-refractivity contribution in [1.29, 1.82) is 0 Å². The molecule has 1 nitrogen and oxygen atoms in total. The zero-order valence-corrected chi connectivity index (χ0v) is 11.3. The van der Waals surface area contributed by atoms with Crippen molar-refractivity contribution in [1.82, 2.24) is 0 Å². The third-order valence-corrected chi connectivity index (χ3v) is 5.50. The molecule has 0 N–H and O–H groups in total. The van der Waals surface area contributed by atoms with Gasteiger partial charge in [-0.2, -0.15) is 0 Å². The van der Waals surface area contributed by atoms with Crippen LogP contribution in [0.3, 0.4) is 0 Å². The minimum absolute atomic E-state index is 0.0368. The van der Waals surface area contributed by atoms with Gasteiger partial charge in [0, 0.05) is 5.41 Å². The van der Waals surface area contributed by atoms with Gasteiger partial charge in [0.05, 0.1) is 0 Å². The first-order valence-electron chi connectivity index (χ1n) is 6.84. The minimum atomic E-state index is -0.0368. The molecule has 2 saturated carbocycles. The van der Waals surface area contributed by atoms with Crippen molar-refractivity contribution in [2.75, 3.05) is 0 Å². The van der Waals surface area contributed by atoms with Crippen LogP contribution in [0.2, 0.25) is 0 Å². The molecule has 0 amide bonds. The Morgan fingerprint density at radius 3 is 2.31 bits per heavy atom. The van der Waals surface area contributed by atoms with E-state index in [1.807, 2.05) is 0 Å². The van der Waals surface area contributed by atoms with Crippen LogP contribution in [0, 0.1) is 28.6 Å². The van der Waals surface area contributed by atoms with Gasteiger partial charge in [-0.1, -0.05) is 27.7 Å². The maximum Gasteiger partial charge on any atom is 0.125 e. The van der Waals surface area contributed by atoms with Gasteiger partial charge in [0.15, 0.2) is 0 Å². The molecule has 2 aliphatic rings. The number of carbonyl (C=O) groups is 1. The van der Waals surface area contributed by atoms with Crippen molar-refractivity contribution in [2.24, 2.45) is 28.6 Å². The lowest BCUT2D eigenvalue weighted by molar-refractivity contribution is -0.120. The number of hydrogen-bond donors (Lipinski definition) is 0. The van der Waals surface area contributed by atoms with Crippen molar-refractivity contribution in [3.05, 3.63) is 0 Å². The molecule has 16 heavy (non-hydrogen) atoms. The Morgan fingerprint density at radius 2 is 1.75 bits per heavy atom. The molecular formula is C15H26O. The van der Waals surface area contributed by atoms with E-state index in [0.717, 1.165) is 30.6 Å². The van der Waals surface area contributed by atoms with Gasteiger partial charge in [0.1, 0.15) is 6.29 Å². The van der Waals surface area contributed by atoms with Crippen molar-refractivity contribution >= 4 is 6.29 Å². The second-order valence-electron chi connectivity index (χ2n) is 7.29. The quantitative estimate of drug-likeness (QED) is 0.611. The first-order chi connectivity index (χ1) is 7.38. The topological polar surface area (TPSA) is 17.1 Å². The largest absolute Gasteiger partial charge is 0.303 e. The highest BCUT2D eigenvalue weighted by Gasteiger charge is 2.50. The molecule has 0 unspecified atom stereocenters. The van der Waals surface area contributed by atoms with Crippen LogP contribution in [0.5, 0.6) is 0 Å². The van der Waals surface area contributed by atoms with Crippen LogP contribution in [0.15, 0.2) is 0 Å². The number of rotatable bonds is 1. The monoisotopic (exact) mass is 222 g/mol. The summed E-state index contributed by atoms with van der Waals surface area (Å²) in [6.07, 6.45) is 7.32. The minimum Gasteiger partial charge on any atom is -0.303 e. The summed E-state index contributed by atoms with van der Waals surface area (Å²) in [5.41, 5.74) is 0.491. The smallest absolute Gasteiger partial charge is 0.125 e. The standard InChI is InChI=1S/C15H26O/c1-11-5-7-15(4,10-16)8-6-13-12(11)9-14(13,2)3/h10-13H,5-9H2,1-4H3/t11-,12+,13-,15+/m1/s1. The SMILES string of the molecule is C[C@@H]1CC[C@](C)(C=O)CC[C@@H]2[C@H]1CC2(C)C. The Hall–Kier alpha value is -0.330. The van der Waals surface area contributed by atoms with Gasteiger partial charge in [0.25, 0.3) is 0 Å². The van der Waals surface area contributed by atoms with Crippen LogP contribution < -0.4 is 0 Å². The maximum atomic E-state index is 11.2. The molecule has 0 spiro atoms. The van der Waals surface area contributed by atoms with E-state index in [1.54, 1.807) is 0 Å². The molecule has 0 aliphatic heterocycles. The Labute approximate surface area is 100.0 Å². The molecular weight excluding hydrogens is 196 g/mol. The predicted octanol–water partition coefficient (Wildman–Crippen LogP) is 4.06. The van der Waals surface area contributed by atoms with Crippen LogP contribution in [-0.4, -0.2) is 6.29 Å². The van der Waals surface area contributed by atoms with Gasteiger partial charge in [-0.25, -0.2) is 0 Å². The van der Waals surface area contributed by atoms with E-state index in [0.29, 0.717) is 5.41 Å². The van der Waals surface area contributed by atoms with E-state index in [-0.39, 0.29) is 5.41 Å². The lowest BCUT2D eigenvalue weighted by atomic mass is 9.49. The normalized spacial score (nSPS) is 47.1. The van der Waals surface area contributed by atoms with E-state index >= 15 is 0 Å². The van der Waals surface area contributed by atoms with Gasteiger partial charge < -0.3 is 4.79 Å². The zero-order chi connectivity index (χ0) is 12.0. The van der Waals surface area contributed by atoms with Crippen molar-refractivity contribution in [3.63, 3.8) is 0 Å². The lowest BCUT2D eigenvalue weighted by Gasteiger charge is -2.56. The molecule has 2 fully saturated rings. The van der Waals surface area contributed by atoms with Gasteiger partial charge in [-0.3, -0.25) is 0 Å². The predicted molar refractivity (Wildman–Crippen MR) is 67.2 cm³/mol. The van der Waals surface area contributed by atoms with E-state index in [1.165, 1.54) is 25.5 Å².